The van der Waals surface area contributed by atoms with Gasteiger partial charge in [0, 0.05) is 34.6 Å². The van der Waals surface area contributed by atoms with Crippen molar-refractivity contribution in [3.63, 3.8) is 0 Å². The molecular weight excluding hydrogens is 388 g/mol. The quantitative estimate of drug-likeness (QED) is 0.636. The van der Waals surface area contributed by atoms with E-state index in [0.29, 0.717) is 29.8 Å². The number of para-hydroxylation sites is 1. The Morgan fingerprint density at radius 1 is 0.968 bits per heavy atom. The molecule has 4 rings (SSSR count). The smallest absolute Gasteiger partial charge is 0.258 e. The monoisotopic (exact) mass is 414 g/mol. The van der Waals surface area contributed by atoms with Gasteiger partial charge in [-0.05, 0) is 61.2 Å². The van der Waals surface area contributed by atoms with E-state index in [1.807, 2.05) is 56.3 Å². The van der Waals surface area contributed by atoms with Gasteiger partial charge in [0.2, 0.25) is 0 Å². The number of carbonyl (C=O) groups excluding carboxylic acids is 2. The number of anilines is 2. The van der Waals surface area contributed by atoms with Crippen molar-refractivity contribution < 1.29 is 14.7 Å². The first-order chi connectivity index (χ1) is 15.0. The van der Waals surface area contributed by atoms with Crippen LogP contribution in [0.5, 0.6) is 0 Å². The molecule has 5 heteroatoms. The largest absolute Gasteiger partial charge is 0.388 e. The van der Waals surface area contributed by atoms with Gasteiger partial charge in [0.1, 0.15) is 0 Å². The third kappa shape index (κ3) is 4.23. The lowest BCUT2D eigenvalue weighted by Gasteiger charge is -2.23. The van der Waals surface area contributed by atoms with E-state index < -0.39 is 6.10 Å². The molecule has 3 aromatic rings. The summed E-state index contributed by atoms with van der Waals surface area (Å²) < 4.78 is 0. The van der Waals surface area contributed by atoms with Crippen molar-refractivity contribution in [1.82, 2.24) is 0 Å². The Hall–Kier alpha value is -3.44. The maximum Gasteiger partial charge on any atom is 0.258 e. The number of fused-ring (bicyclic) bond motifs is 1. The summed E-state index contributed by atoms with van der Waals surface area (Å²) in [7, 11) is 0. The molecule has 2 amide bonds. The Balaban J connectivity index is 1.54. The maximum atomic E-state index is 13.3. The second-order valence-corrected chi connectivity index (χ2v) is 8.07. The molecule has 31 heavy (non-hydrogen) atoms. The molecule has 0 bridgehead atoms. The van der Waals surface area contributed by atoms with Crippen LogP contribution in [0.25, 0.3) is 0 Å². The molecule has 0 radical (unpaired) electrons. The highest BCUT2D eigenvalue weighted by Crippen LogP contribution is 2.36. The molecule has 5 nitrogen and oxygen atoms in total. The first-order valence-electron chi connectivity index (χ1n) is 10.5. The third-order valence-electron chi connectivity index (χ3n) is 5.92. The fourth-order valence-electron chi connectivity index (χ4n) is 3.99. The zero-order valence-electron chi connectivity index (χ0n) is 17.7. The van der Waals surface area contributed by atoms with E-state index in [-0.39, 0.29) is 17.7 Å². The Bertz CT molecular complexity index is 1110. The molecule has 2 atom stereocenters. The molecule has 1 aliphatic heterocycles. The number of nitrogens with zero attached hydrogens (tertiary/aromatic N) is 1. The summed E-state index contributed by atoms with van der Waals surface area (Å²) in [6.07, 6.45) is 0.125. The molecule has 2 unspecified atom stereocenters. The van der Waals surface area contributed by atoms with Crippen LogP contribution in [0.3, 0.4) is 0 Å². The normalized spacial score (nSPS) is 18.1. The van der Waals surface area contributed by atoms with Crippen LogP contribution in [0.4, 0.5) is 11.4 Å². The highest BCUT2D eigenvalue weighted by Gasteiger charge is 2.29. The van der Waals surface area contributed by atoms with Crippen LogP contribution < -0.4 is 10.2 Å². The molecule has 0 aliphatic carbocycles. The van der Waals surface area contributed by atoms with E-state index in [2.05, 4.69) is 5.32 Å². The molecule has 1 heterocycles. The highest BCUT2D eigenvalue weighted by atomic mass is 16.3. The lowest BCUT2D eigenvalue weighted by Crippen LogP contribution is -2.32. The number of hydrogen-bond donors (Lipinski definition) is 2. The number of nitrogens with one attached hydrogen (secondary N) is 1. The van der Waals surface area contributed by atoms with E-state index in [1.54, 1.807) is 35.2 Å². The van der Waals surface area contributed by atoms with Gasteiger partial charge < -0.3 is 15.3 Å². The number of carbonyl (C=O) groups is 2. The van der Waals surface area contributed by atoms with Crippen LogP contribution in [0, 0.1) is 12.8 Å². The van der Waals surface area contributed by atoms with Crippen molar-refractivity contribution in [1.29, 1.82) is 0 Å². The minimum atomic E-state index is -0.590. The molecule has 0 saturated carbocycles. The van der Waals surface area contributed by atoms with Gasteiger partial charge in [0.15, 0.2) is 0 Å². The number of hydrogen-bond acceptors (Lipinski definition) is 3. The Morgan fingerprint density at radius 3 is 2.39 bits per heavy atom. The fourth-order valence-corrected chi connectivity index (χ4v) is 3.99. The van der Waals surface area contributed by atoms with Crippen molar-refractivity contribution in [2.45, 2.75) is 26.4 Å². The van der Waals surface area contributed by atoms with Gasteiger partial charge in [-0.3, -0.25) is 9.59 Å². The lowest BCUT2D eigenvalue weighted by molar-refractivity contribution is 0.0981. The average Bonchev–Trinajstić information content (AvgIpc) is 2.91. The Kier molecular flexibility index (Phi) is 5.87. The first kappa shape index (κ1) is 20.8. The third-order valence-corrected chi connectivity index (χ3v) is 5.92. The number of aryl methyl sites for hydroxylation is 1. The molecule has 0 spiro atoms. The highest BCUT2D eigenvalue weighted by molar-refractivity contribution is 6.08. The number of benzene rings is 3. The summed E-state index contributed by atoms with van der Waals surface area (Å²) in [4.78, 5) is 27.6. The fraction of sp³-hybridized carbons (Fsp3) is 0.231. The second-order valence-electron chi connectivity index (χ2n) is 8.07. The van der Waals surface area contributed by atoms with Crippen molar-refractivity contribution in [2.24, 2.45) is 5.92 Å². The van der Waals surface area contributed by atoms with E-state index >= 15 is 0 Å². The summed E-state index contributed by atoms with van der Waals surface area (Å²) in [5.74, 6) is -0.231. The molecule has 0 aromatic heterocycles. The topological polar surface area (TPSA) is 69.6 Å². The van der Waals surface area contributed by atoms with Crippen molar-refractivity contribution in [3.05, 3.63) is 95.1 Å². The summed E-state index contributed by atoms with van der Waals surface area (Å²) >= 11 is 0. The molecular formula is C26H26N2O3. The molecule has 0 fully saturated rings. The van der Waals surface area contributed by atoms with E-state index in [4.69, 9.17) is 0 Å². The Morgan fingerprint density at radius 2 is 1.65 bits per heavy atom. The summed E-state index contributed by atoms with van der Waals surface area (Å²) in [5.41, 5.74) is 4.22. The van der Waals surface area contributed by atoms with Crippen molar-refractivity contribution in [2.75, 3.05) is 16.8 Å². The Labute approximate surface area is 182 Å². The number of aliphatic hydroxyl groups excluding tert-OH is 1. The summed E-state index contributed by atoms with van der Waals surface area (Å²) in [5, 5.41) is 13.5. The van der Waals surface area contributed by atoms with E-state index in [0.717, 1.165) is 16.8 Å². The van der Waals surface area contributed by atoms with Crippen LogP contribution in [0.1, 0.15) is 51.3 Å². The summed E-state index contributed by atoms with van der Waals surface area (Å²) in [6, 6.07) is 21.9. The van der Waals surface area contributed by atoms with Crippen LogP contribution in [-0.4, -0.2) is 23.5 Å². The van der Waals surface area contributed by atoms with E-state index in [1.165, 1.54) is 0 Å². The predicted molar refractivity (Wildman–Crippen MR) is 122 cm³/mol. The average molecular weight is 415 g/mol. The van der Waals surface area contributed by atoms with Crippen LogP contribution >= 0.6 is 0 Å². The van der Waals surface area contributed by atoms with Crippen LogP contribution in [0.15, 0.2) is 72.8 Å². The molecule has 1 aliphatic rings. The SMILES string of the molecule is Cc1ccccc1C(=O)Nc1ccc(C(=O)N2CCC(C)C(O)c3ccccc32)cc1. The minimum absolute atomic E-state index is 0.0676. The van der Waals surface area contributed by atoms with Gasteiger partial charge in [-0.1, -0.05) is 43.3 Å². The van der Waals surface area contributed by atoms with E-state index in [9.17, 15) is 14.7 Å². The zero-order valence-corrected chi connectivity index (χ0v) is 17.7. The number of amides is 2. The predicted octanol–water partition coefficient (Wildman–Crippen LogP) is 4.97. The number of rotatable bonds is 3. The second kappa shape index (κ2) is 8.74. The van der Waals surface area contributed by atoms with Crippen LogP contribution in [-0.2, 0) is 0 Å². The summed E-state index contributed by atoms with van der Waals surface area (Å²) in [6.45, 7) is 4.44. The standard InChI is InChI=1S/C26H26N2O3/c1-17-7-3-4-8-21(17)25(30)27-20-13-11-19(12-14-20)26(31)28-16-15-18(2)24(29)22-9-5-6-10-23(22)28/h3-14,18,24,29H,15-16H2,1-2H3,(H,27,30). The van der Waals surface area contributed by atoms with Gasteiger partial charge in [0.25, 0.3) is 11.8 Å². The van der Waals surface area contributed by atoms with Crippen molar-refractivity contribution in [3.8, 4) is 0 Å². The van der Waals surface area contributed by atoms with Gasteiger partial charge in [-0.25, -0.2) is 0 Å². The van der Waals surface area contributed by atoms with Gasteiger partial charge in [-0.2, -0.15) is 0 Å². The number of aliphatic hydroxyl groups is 1. The molecule has 2 N–H and O–H groups in total. The molecule has 3 aromatic carbocycles. The molecule has 158 valence electrons. The molecule has 0 saturated heterocycles. The van der Waals surface area contributed by atoms with Crippen LogP contribution in [0.2, 0.25) is 0 Å². The van der Waals surface area contributed by atoms with Crippen molar-refractivity contribution >= 4 is 23.2 Å². The van der Waals surface area contributed by atoms with Gasteiger partial charge in [0.05, 0.1) is 6.10 Å². The zero-order chi connectivity index (χ0) is 22.0. The maximum absolute atomic E-state index is 13.3. The first-order valence-corrected chi connectivity index (χ1v) is 10.5. The van der Waals surface area contributed by atoms with Gasteiger partial charge in [-0.15, -0.1) is 0 Å². The lowest BCUT2D eigenvalue weighted by atomic mass is 9.95. The van der Waals surface area contributed by atoms with Gasteiger partial charge >= 0.3 is 0 Å². The minimum Gasteiger partial charge on any atom is -0.388 e.